The van der Waals surface area contributed by atoms with Gasteiger partial charge in [0, 0.05) is 17.8 Å². The van der Waals surface area contributed by atoms with Crippen LogP contribution in [0.2, 0.25) is 0 Å². The lowest BCUT2D eigenvalue weighted by Crippen LogP contribution is -2.42. The normalized spacial score (nSPS) is 28.1. The summed E-state index contributed by atoms with van der Waals surface area (Å²) < 4.78 is 23.2. The van der Waals surface area contributed by atoms with Gasteiger partial charge in [-0.25, -0.2) is 4.72 Å². The van der Waals surface area contributed by atoms with Crippen LogP contribution in [-0.4, -0.2) is 31.8 Å². The Labute approximate surface area is 119 Å². The van der Waals surface area contributed by atoms with Crippen LogP contribution in [-0.2, 0) is 16.1 Å². The second-order valence-electron chi connectivity index (χ2n) is 2.93. The third-order valence-corrected chi connectivity index (χ3v) is 5.15. The van der Waals surface area contributed by atoms with E-state index in [2.05, 4.69) is 47.8 Å². The summed E-state index contributed by atoms with van der Waals surface area (Å²) in [6, 6.07) is 0. The van der Waals surface area contributed by atoms with Crippen LogP contribution in [0.15, 0.2) is 19.5 Å². The molecule has 1 aliphatic carbocycles. The highest BCUT2D eigenvalue weighted by Crippen LogP contribution is 2.38. The van der Waals surface area contributed by atoms with Crippen molar-refractivity contribution in [3.05, 3.63) is 19.5 Å². The lowest BCUT2D eigenvalue weighted by Gasteiger charge is -2.29. The monoisotopic (exact) mass is 436 g/mol. The molecule has 0 saturated carbocycles. The van der Waals surface area contributed by atoms with Crippen molar-refractivity contribution in [1.82, 2.24) is 4.72 Å². The van der Waals surface area contributed by atoms with Crippen molar-refractivity contribution in [1.29, 1.82) is 0 Å². The van der Waals surface area contributed by atoms with E-state index in [-0.39, 0.29) is 25.8 Å². The van der Waals surface area contributed by atoms with Crippen LogP contribution >= 0.6 is 47.8 Å². The highest BCUT2D eigenvalue weighted by atomic mass is 79.9. The van der Waals surface area contributed by atoms with Crippen LogP contribution in [0.1, 0.15) is 0 Å². The van der Waals surface area contributed by atoms with E-state index < -0.39 is 16.9 Å². The number of hydrogen-bond acceptors (Lipinski definition) is 4. The van der Waals surface area contributed by atoms with Crippen molar-refractivity contribution >= 4 is 64.8 Å². The van der Waals surface area contributed by atoms with Crippen molar-refractivity contribution in [2.45, 2.75) is 5.60 Å². The number of carbonyl (C=O) groups is 1. The summed E-state index contributed by atoms with van der Waals surface area (Å²) in [7, 11) is 0. The van der Waals surface area contributed by atoms with Gasteiger partial charge >= 0.3 is 0 Å². The van der Waals surface area contributed by atoms with Crippen LogP contribution in [0.4, 0.5) is 0 Å². The minimum Gasteiger partial charge on any atom is -0.760 e. The Bertz CT molecular complexity index is 422. The SMILES string of the molecule is O=C1C(Br)=CC(O)(CNS(=O)[O-])C(Br)=C1Br. The van der Waals surface area contributed by atoms with Gasteiger partial charge < -0.3 is 9.66 Å². The highest BCUT2D eigenvalue weighted by molar-refractivity contribution is 9.14. The molecule has 1 rings (SSSR count). The Kier molecular flexibility index (Phi) is 5.05. The Morgan fingerprint density at radius 1 is 1.50 bits per heavy atom. The molecule has 1 aliphatic rings. The van der Waals surface area contributed by atoms with E-state index in [0.717, 1.165) is 0 Å². The molecular formula is C7H5Br3NO4S-. The molecule has 0 amide bonds. The predicted octanol–water partition coefficient (Wildman–Crippen LogP) is 0.964. The maximum atomic E-state index is 11.5. The summed E-state index contributed by atoms with van der Waals surface area (Å²) in [4.78, 5) is 11.5. The molecule has 0 saturated heterocycles. The molecule has 9 heteroatoms. The van der Waals surface area contributed by atoms with E-state index in [1.807, 2.05) is 4.72 Å². The molecule has 2 unspecified atom stereocenters. The average molecular weight is 439 g/mol. The maximum Gasteiger partial charge on any atom is 0.207 e. The summed E-state index contributed by atoms with van der Waals surface area (Å²) in [6.07, 6.45) is 1.23. The lowest BCUT2D eigenvalue weighted by atomic mass is 9.98. The highest BCUT2D eigenvalue weighted by Gasteiger charge is 2.37. The number of rotatable bonds is 3. The Morgan fingerprint density at radius 3 is 2.56 bits per heavy atom. The minimum atomic E-state index is -2.49. The summed E-state index contributed by atoms with van der Waals surface area (Å²) in [5, 5.41) is 10.1. The number of Topliss-reactive ketones (excluding diaryl/α,β-unsaturated/α-hetero) is 1. The van der Waals surface area contributed by atoms with Gasteiger partial charge in [-0.2, -0.15) is 0 Å². The van der Waals surface area contributed by atoms with Crippen molar-refractivity contribution in [3.8, 4) is 0 Å². The molecule has 0 aliphatic heterocycles. The van der Waals surface area contributed by atoms with Crippen molar-refractivity contribution < 1.29 is 18.7 Å². The fourth-order valence-corrected chi connectivity index (χ4v) is 3.20. The molecule has 90 valence electrons. The molecule has 0 aromatic heterocycles. The standard InChI is InChI=1S/C7H6Br3NO4S/c8-3-1-7(13,2-11-16(14)15)6(10)4(9)5(3)12/h1,11,13H,2H2,(H,14,15)/p-1. The fraction of sp³-hybridized carbons (Fsp3) is 0.286. The van der Waals surface area contributed by atoms with E-state index in [1.54, 1.807) is 0 Å². The Morgan fingerprint density at radius 2 is 2.06 bits per heavy atom. The molecule has 0 aromatic rings. The van der Waals surface area contributed by atoms with Crippen LogP contribution in [0.3, 0.4) is 0 Å². The molecule has 0 bridgehead atoms. The largest absolute Gasteiger partial charge is 0.760 e. The van der Waals surface area contributed by atoms with E-state index >= 15 is 0 Å². The van der Waals surface area contributed by atoms with Crippen molar-refractivity contribution in [3.63, 3.8) is 0 Å². The minimum absolute atomic E-state index is 0.142. The summed E-state index contributed by atoms with van der Waals surface area (Å²) in [6.45, 7) is -0.277. The maximum absolute atomic E-state index is 11.5. The first-order valence-corrected chi connectivity index (χ1v) is 7.27. The van der Waals surface area contributed by atoms with Gasteiger partial charge in [-0.05, 0) is 37.9 Å². The summed E-state index contributed by atoms with van der Waals surface area (Å²) in [5.41, 5.74) is -1.59. The first-order chi connectivity index (χ1) is 7.28. The molecule has 0 heterocycles. The Hall–Kier alpha value is 0.620. The van der Waals surface area contributed by atoms with Crippen molar-refractivity contribution in [2.24, 2.45) is 0 Å². The van der Waals surface area contributed by atoms with Crippen LogP contribution in [0.5, 0.6) is 0 Å². The zero-order chi connectivity index (χ0) is 12.5. The molecule has 0 fully saturated rings. The smallest absolute Gasteiger partial charge is 0.207 e. The topological polar surface area (TPSA) is 89.5 Å². The molecule has 2 N–H and O–H groups in total. The van der Waals surface area contributed by atoms with Gasteiger partial charge in [0.25, 0.3) is 0 Å². The quantitative estimate of drug-likeness (QED) is 0.642. The molecule has 16 heavy (non-hydrogen) atoms. The third kappa shape index (κ3) is 3.09. The number of aliphatic hydroxyl groups is 1. The molecule has 5 nitrogen and oxygen atoms in total. The third-order valence-electron chi connectivity index (χ3n) is 1.81. The number of carbonyl (C=O) groups excluding carboxylic acids is 1. The Balaban J connectivity index is 3.03. The number of halogens is 3. The van der Waals surface area contributed by atoms with Gasteiger partial charge in [0.15, 0.2) is 0 Å². The molecule has 0 spiro atoms. The fourth-order valence-electron chi connectivity index (χ4n) is 1.03. The zero-order valence-electron chi connectivity index (χ0n) is 7.50. The van der Waals surface area contributed by atoms with Gasteiger partial charge in [-0.15, -0.1) is 0 Å². The van der Waals surface area contributed by atoms with Crippen LogP contribution in [0, 0.1) is 0 Å². The van der Waals surface area contributed by atoms with Gasteiger partial charge in [-0.1, -0.05) is 15.9 Å². The number of allylic oxidation sites excluding steroid dienone is 2. The molecule has 0 radical (unpaired) electrons. The average Bonchev–Trinajstić information content (AvgIpc) is 2.21. The van der Waals surface area contributed by atoms with Gasteiger partial charge in [0.1, 0.15) is 5.60 Å². The molecule has 0 aromatic carbocycles. The molecule has 2 atom stereocenters. The van der Waals surface area contributed by atoms with Gasteiger partial charge in [0.2, 0.25) is 5.78 Å². The second kappa shape index (κ2) is 5.51. The van der Waals surface area contributed by atoms with Gasteiger partial charge in [-0.3, -0.25) is 9.00 Å². The zero-order valence-corrected chi connectivity index (χ0v) is 13.1. The first kappa shape index (κ1) is 14.7. The summed E-state index contributed by atoms with van der Waals surface area (Å²) in [5.74, 6) is -0.334. The molecular weight excluding hydrogens is 434 g/mol. The van der Waals surface area contributed by atoms with E-state index in [0.29, 0.717) is 0 Å². The number of hydrogen-bond donors (Lipinski definition) is 2. The van der Waals surface area contributed by atoms with Gasteiger partial charge in [0.05, 0.1) is 13.4 Å². The van der Waals surface area contributed by atoms with E-state index in [9.17, 15) is 18.7 Å². The summed E-state index contributed by atoms with van der Waals surface area (Å²) >= 11 is 6.56. The van der Waals surface area contributed by atoms with Crippen LogP contribution in [0.25, 0.3) is 0 Å². The predicted molar refractivity (Wildman–Crippen MR) is 68.8 cm³/mol. The van der Waals surface area contributed by atoms with E-state index in [1.165, 1.54) is 6.08 Å². The lowest BCUT2D eigenvalue weighted by molar-refractivity contribution is -0.111. The van der Waals surface area contributed by atoms with E-state index in [4.69, 9.17) is 0 Å². The first-order valence-electron chi connectivity index (χ1n) is 3.82. The number of ketones is 1. The van der Waals surface area contributed by atoms with Crippen molar-refractivity contribution in [2.75, 3.05) is 6.54 Å². The second-order valence-corrected chi connectivity index (χ2v) is 6.13. The van der Waals surface area contributed by atoms with Crippen LogP contribution < -0.4 is 4.72 Å². The number of nitrogens with one attached hydrogen (secondary N) is 1.